The molecule has 110 valence electrons. The van der Waals surface area contributed by atoms with Crippen LogP contribution in [0.3, 0.4) is 0 Å². The molecule has 1 aromatic carbocycles. The Morgan fingerprint density at radius 2 is 2.10 bits per heavy atom. The Kier molecular flexibility index (Phi) is 4.34. The first kappa shape index (κ1) is 14.4. The lowest BCUT2D eigenvalue weighted by molar-refractivity contribution is 0.251. The maximum absolute atomic E-state index is 5.80. The van der Waals surface area contributed by atoms with Crippen LogP contribution in [0.15, 0.2) is 22.7 Å². The summed E-state index contributed by atoms with van der Waals surface area (Å²) in [4.78, 5) is 5.18. The van der Waals surface area contributed by atoms with Crippen LogP contribution in [0.5, 0.6) is 0 Å². The van der Waals surface area contributed by atoms with Crippen molar-refractivity contribution in [2.45, 2.75) is 25.8 Å². The predicted octanol–water partition coefficient (Wildman–Crippen LogP) is 2.62. The molecule has 3 nitrogen and oxygen atoms in total. The maximum atomic E-state index is 5.80. The molecule has 2 fully saturated rings. The molecule has 20 heavy (non-hydrogen) atoms. The number of halogens is 1. The third-order valence-electron chi connectivity index (χ3n) is 4.84. The van der Waals surface area contributed by atoms with E-state index in [2.05, 4.69) is 50.9 Å². The molecule has 2 aliphatic rings. The van der Waals surface area contributed by atoms with Gasteiger partial charge in [0.2, 0.25) is 0 Å². The van der Waals surface area contributed by atoms with Gasteiger partial charge in [-0.25, -0.2) is 0 Å². The van der Waals surface area contributed by atoms with Gasteiger partial charge >= 0.3 is 0 Å². The van der Waals surface area contributed by atoms with Gasteiger partial charge < -0.3 is 10.6 Å². The molecule has 4 heteroatoms. The van der Waals surface area contributed by atoms with E-state index in [-0.39, 0.29) is 0 Å². The van der Waals surface area contributed by atoms with Crippen molar-refractivity contribution in [3.63, 3.8) is 0 Å². The Balaban J connectivity index is 1.63. The molecule has 1 aromatic rings. The van der Waals surface area contributed by atoms with Crippen LogP contribution in [0.2, 0.25) is 0 Å². The van der Waals surface area contributed by atoms with Crippen molar-refractivity contribution in [3.8, 4) is 0 Å². The highest BCUT2D eigenvalue weighted by molar-refractivity contribution is 9.10. The summed E-state index contributed by atoms with van der Waals surface area (Å²) in [6, 6.07) is 7.40. The van der Waals surface area contributed by atoms with Crippen molar-refractivity contribution in [2.75, 3.05) is 37.6 Å². The molecule has 2 saturated heterocycles. The van der Waals surface area contributed by atoms with Gasteiger partial charge in [0.1, 0.15) is 0 Å². The molecular formula is C16H24BrN3. The number of hydrogen-bond acceptors (Lipinski definition) is 3. The minimum absolute atomic E-state index is 0.718. The summed E-state index contributed by atoms with van der Waals surface area (Å²) in [5, 5.41) is 0. The lowest BCUT2D eigenvalue weighted by Crippen LogP contribution is -2.36. The minimum atomic E-state index is 0.718. The van der Waals surface area contributed by atoms with Gasteiger partial charge in [-0.3, -0.25) is 4.90 Å². The highest BCUT2D eigenvalue weighted by Crippen LogP contribution is 2.29. The summed E-state index contributed by atoms with van der Waals surface area (Å²) in [6.45, 7) is 7.79. The molecule has 0 spiro atoms. The average Bonchev–Trinajstić information content (AvgIpc) is 3.09. The van der Waals surface area contributed by atoms with Gasteiger partial charge in [-0.15, -0.1) is 0 Å². The molecule has 3 rings (SSSR count). The highest BCUT2D eigenvalue weighted by Gasteiger charge is 2.32. The monoisotopic (exact) mass is 337 g/mol. The fourth-order valence-electron chi connectivity index (χ4n) is 3.49. The van der Waals surface area contributed by atoms with Crippen LogP contribution in [0, 0.1) is 12.8 Å². The Bertz CT molecular complexity index is 477. The molecule has 2 aliphatic heterocycles. The summed E-state index contributed by atoms with van der Waals surface area (Å²) >= 11 is 3.58. The van der Waals surface area contributed by atoms with E-state index in [4.69, 9.17) is 5.73 Å². The largest absolute Gasteiger partial charge is 0.370 e. The van der Waals surface area contributed by atoms with Crippen molar-refractivity contribution in [1.29, 1.82) is 0 Å². The molecule has 0 aromatic heterocycles. The highest BCUT2D eigenvalue weighted by atomic mass is 79.9. The Morgan fingerprint density at radius 3 is 2.80 bits per heavy atom. The van der Waals surface area contributed by atoms with E-state index in [9.17, 15) is 0 Å². The standard InChI is InChI=1S/C16H24BrN3/c1-12-8-14(2-3-16(12)17)20-7-5-15(11-20)19-6-4-13(9-18)10-19/h2-3,8,13,15H,4-7,9-11,18H2,1H3. The zero-order chi connectivity index (χ0) is 14.1. The van der Waals surface area contributed by atoms with Gasteiger partial charge in [0, 0.05) is 35.8 Å². The van der Waals surface area contributed by atoms with Gasteiger partial charge in [-0.1, -0.05) is 15.9 Å². The average molecular weight is 338 g/mol. The molecule has 0 bridgehead atoms. The topological polar surface area (TPSA) is 32.5 Å². The van der Waals surface area contributed by atoms with E-state index in [1.54, 1.807) is 0 Å². The molecule has 0 amide bonds. The molecule has 0 saturated carbocycles. The number of rotatable bonds is 3. The van der Waals surface area contributed by atoms with Crippen molar-refractivity contribution in [3.05, 3.63) is 28.2 Å². The maximum Gasteiger partial charge on any atom is 0.0370 e. The van der Waals surface area contributed by atoms with Crippen molar-refractivity contribution < 1.29 is 0 Å². The third-order valence-corrected chi connectivity index (χ3v) is 5.73. The van der Waals surface area contributed by atoms with E-state index >= 15 is 0 Å². The number of anilines is 1. The van der Waals surface area contributed by atoms with Crippen molar-refractivity contribution >= 4 is 21.6 Å². The van der Waals surface area contributed by atoms with Gasteiger partial charge in [0.05, 0.1) is 0 Å². The van der Waals surface area contributed by atoms with Gasteiger partial charge in [-0.2, -0.15) is 0 Å². The third kappa shape index (κ3) is 2.87. The van der Waals surface area contributed by atoms with Gasteiger partial charge in [0.25, 0.3) is 0 Å². The number of aryl methyl sites for hydroxylation is 1. The van der Waals surface area contributed by atoms with Gasteiger partial charge in [0.15, 0.2) is 0 Å². The summed E-state index contributed by atoms with van der Waals surface area (Å²) in [7, 11) is 0. The second-order valence-electron chi connectivity index (χ2n) is 6.21. The second kappa shape index (κ2) is 6.04. The Hall–Kier alpha value is -0.580. The van der Waals surface area contributed by atoms with E-state index < -0.39 is 0 Å². The molecule has 2 atom stereocenters. The lowest BCUT2D eigenvalue weighted by atomic mass is 10.1. The zero-order valence-corrected chi connectivity index (χ0v) is 13.8. The molecule has 2 heterocycles. The predicted molar refractivity (Wildman–Crippen MR) is 88.2 cm³/mol. The van der Waals surface area contributed by atoms with Crippen LogP contribution in [-0.4, -0.2) is 43.7 Å². The SMILES string of the molecule is Cc1cc(N2CCC(N3CCC(CN)C3)C2)ccc1Br. The normalized spacial score (nSPS) is 27.4. The van der Waals surface area contributed by atoms with E-state index in [1.165, 1.54) is 54.7 Å². The van der Waals surface area contributed by atoms with E-state index in [1.807, 2.05) is 0 Å². The molecule has 2 N–H and O–H groups in total. The first-order chi connectivity index (χ1) is 9.67. The quantitative estimate of drug-likeness (QED) is 0.920. The molecular weight excluding hydrogens is 314 g/mol. The number of hydrogen-bond donors (Lipinski definition) is 1. The summed E-state index contributed by atoms with van der Waals surface area (Å²) in [5.41, 5.74) is 8.48. The first-order valence-corrected chi connectivity index (χ1v) is 8.42. The molecule has 2 unspecified atom stereocenters. The van der Waals surface area contributed by atoms with E-state index in [0.29, 0.717) is 0 Å². The van der Waals surface area contributed by atoms with Crippen molar-refractivity contribution in [1.82, 2.24) is 4.90 Å². The fraction of sp³-hybridized carbons (Fsp3) is 0.625. The molecule has 0 radical (unpaired) electrons. The second-order valence-corrected chi connectivity index (χ2v) is 7.06. The van der Waals surface area contributed by atoms with Crippen LogP contribution in [0.4, 0.5) is 5.69 Å². The molecule has 0 aliphatic carbocycles. The lowest BCUT2D eigenvalue weighted by Gasteiger charge is -2.25. The van der Waals surface area contributed by atoms with Crippen LogP contribution in [-0.2, 0) is 0 Å². The Morgan fingerprint density at radius 1 is 1.25 bits per heavy atom. The van der Waals surface area contributed by atoms with Crippen LogP contribution >= 0.6 is 15.9 Å². The van der Waals surface area contributed by atoms with Crippen molar-refractivity contribution in [2.24, 2.45) is 11.7 Å². The number of likely N-dealkylation sites (tertiary alicyclic amines) is 1. The zero-order valence-electron chi connectivity index (χ0n) is 12.2. The summed E-state index contributed by atoms with van der Waals surface area (Å²) in [5.74, 6) is 0.721. The number of nitrogens with zero attached hydrogens (tertiary/aromatic N) is 2. The van der Waals surface area contributed by atoms with Gasteiger partial charge in [-0.05, 0) is 62.5 Å². The Labute approximate surface area is 130 Å². The van der Waals surface area contributed by atoms with E-state index in [0.717, 1.165) is 18.5 Å². The summed E-state index contributed by atoms with van der Waals surface area (Å²) < 4.78 is 1.20. The smallest absolute Gasteiger partial charge is 0.0370 e. The number of benzene rings is 1. The first-order valence-electron chi connectivity index (χ1n) is 7.62. The minimum Gasteiger partial charge on any atom is -0.370 e. The summed E-state index contributed by atoms with van der Waals surface area (Å²) in [6.07, 6.45) is 2.57. The van der Waals surface area contributed by atoms with Crippen LogP contribution in [0.1, 0.15) is 18.4 Å². The van der Waals surface area contributed by atoms with Crippen LogP contribution < -0.4 is 10.6 Å². The number of nitrogens with two attached hydrogens (primary N) is 1. The van der Waals surface area contributed by atoms with Crippen LogP contribution in [0.25, 0.3) is 0 Å². The fourth-order valence-corrected chi connectivity index (χ4v) is 3.73.